The molecule has 0 fully saturated rings. The lowest BCUT2D eigenvalue weighted by Gasteiger charge is -2.08. The smallest absolute Gasteiger partial charge is 0.234 e. The number of aromatic nitrogens is 3. The van der Waals surface area contributed by atoms with E-state index in [0.29, 0.717) is 11.0 Å². The molecule has 1 N–H and O–H groups in total. The predicted molar refractivity (Wildman–Crippen MR) is 104 cm³/mol. The van der Waals surface area contributed by atoms with E-state index in [2.05, 4.69) is 15.5 Å². The van der Waals surface area contributed by atoms with Crippen LogP contribution in [0.5, 0.6) is 5.75 Å². The molecule has 0 unspecified atom stereocenters. The summed E-state index contributed by atoms with van der Waals surface area (Å²) in [5.74, 6) is 1.61. The van der Waals surface area contributed by atoms with E-state index in [1.54, 1.807) is 7.11 Å². The fraction of sp³-hybridized carbons (Fsp3) is 0.211. The average Bonchev–Trinajstić information content (AvgIpc) is 3.00. The number of carbonyl (C=O) groups excluding carboxylic acids is 1. The van der Waals surface area contributed by atoms with Gasteiger partial charge >= 0.3 is 0 Å². The summed E-state index contributed by atoms with van der Waals surface area (Å²) in [6.07, 6.45) is 0. The summed E-state index contributed by atoms with van der Waals surface area (Å²) in [7, 11) is 3.50. The normalized spacial score (nSPS) is 10.6. The molecule has 0 saturated carbocycles. The quantitative estimate of drug-likeness (QED) is 0.674. The van der Waals surface area contributed by atoms with Crippen molar-refractivity contribution in [1.29, 1.82) is 0 Å². The number of para-hydroxylation sites is 1. The van der Waals surface area contributed by atoms with Gasteiger partial charge in [0.05, 0.1) is 18.4 Å². The average molecular weight is 368 g/mol. The SMILES string of the molecule is COc1ccccc1-c1nnc(SCC(=O)Nc2cccc(C)c2)n1C. The number of rotatable bonds is 6. The summed E-state index contributed by atoms with van der Waals surface area (Å²) in [5, 5.41) is 12.0. The monoisotopic (exact) mass is 368 g/mol. The van der Waals surface area contributed by atoms with Crippen molar-refractivity contribution in [2.45, 2.75) is 12.1 Å². The van der Waals surface area contributed by atoms with Gasteiger partial charge in [-0.2, -0.15) is 0 Å². The first kappa shape index (κ1) is 18.0. The highest BCUT2D eigenvalue weighted by molar-refractivity contribution is 7.99. The van der Waals surface area contributed by atoms with E-state index in [4.69, 9.17) is 4.74 Å². The summed E-state index contributed by atoms with van der Waals surface area (Å²) >= 11 is 1.34. The second-order valence-corrected chi connectivity index (χ2v) is 6.71. The molecule has 0 aliphatic rings. The molecule has 1 heterocycles. The van der Waals surface area contributed by atoms with Crippen molar-refractivity contribution in [2.24, 2.45) is 7.05 Å². The van der Waals surface area contributed by atoms with E-state index in [1.807, 2.05) is 67.1 Å². The molecule has 0 atom stereocenters. The van der Waals surface area contributed by atoms with E-state index in [9.17, 15) is 4.79 Å². The van der Waals surface area contributed by atoms with Crippen molar-refractivity contribution in [3.8, 4) is 17.1 Å². The molecule has 134 valence electrons. The van der Waals surface area contributed by atoms with Crippen molar-refractivity contribution in [1.82, 2.24) is 14.8 Å². The molecular weight excluding hydrogens is 348 g/mol. The summed E-state index contributed by atoms with van der Waals surface area (Å²) < 4.78 is 7.25. The summed E-state index contributed by atoms with van der Waals surface area (Å²) in [5.41, 5.74) is 2.76. The lowest BCUT2D eigenvalue weighted by Crippen LogP contribution is -2.14. The highest BCUT2D eigenvalue weighted by atomic mass is 32.2. The second-order valence-electron chi connectivity index (χ2n) is 5.77. The molecular formula is C19H20N4O2S. The number of thioether (sulfide) groups is 1. The Labute approximate surface area is 156 Å². The van der Waals surface area contributed by atoms with Gasteiger partial charge in [-0.25, -0.2) is 0 Å². The third kappa shape index (κ3) is 4.05. The number of benzene rings is 2. The highest BCUT2D eigenvalue weighted by Gasteiger charge is 2.15. The van der Waals surface area contributed by atoms with Gasteiger partial charge in [0.25, 0.3) is 0 Å². The lowest BCUT2D eigenvalue weighted by atomic mass is 10.2. The molecule has 1 aromatic heterocycles. The molecule has 1 amide bonds. The number of hydrogen-bond acceptors (Lipinski definition) is 5. The van der Waals surface area contributed by atoms with Crippen molar-refractivity contribution in [3.05, 3.63) is 54.1 Å². The van der Waals surface area contributed by atoms with Crippen LogP contribution in [-0.4, -0.2) is 33.5 Å². The molecule has 0 aliphatic heterocycles. The van der Waals surface area contributed by atoms with Crippen LogP contribution in [0.1, 0.15) is 5.56 Å². The fourth-order valence-electron chi connectivity index (χ4n) is 2.55. The van der Waals surface area contributed by atoms with E-state index < -0.39 is 0 Å². The predicted octanol–water partition coefficient (Wildman–Crippen LogP) is 3.53. The van der Waals surface area contributed by atoms with Gasteiger partial charge in [-0.3, -0.25) is 4.79 Å². The first-order chi connectivity index (χ1) is 12.6. The molecule has 0 radical (unpaired) electrons. The Morgan fingerprint density at radius 2 is 2.00 bits per heavy atom. The minimum atomic E-state index is -0.0811. The minimum Gasteiger partial charge on any atom is -0.496 e. The third-order valence-corrected chi connectivity index (χ3v) is 4.84. The van der Waals surface area contributed by atoms with Crippen LogP contribution in [0.15, 0.2) is 53.7 Å². The van der Waals surface area contributed by atoms with Crippen LogP contribution in [-0.2, 0) is 11.8 Å². The maximum atomic E-state index is 12.2. The number of nitrogens with zero attached hydrogens (tertiary/aromatic N) is 3. The Bertz CT molecular complexity index is 923. The number of anilines is 1. The van der Waals surface area contributed by atoms with Gasteiger partial charge < -0.3 is 14.6 Å². The zero-order valence-electron chi connectivity index (χ0n) is 14.9. The van der Waals surface area contributed by atoms with Gasteiger partial charge in [-0.05, 0) is 36.8 Å². The van der Waals surface area contributed by atoms with Crippen LogP contribution < -0.4 is 10.1 Å². The minimum absolute atomic E-state index is 0.0811. The van der Waals surface area contributed by atoms with Crippen molar-refractivity contribution in [3.63, 3.8) is 0 Å². The van der Waals surface area contributed by atoms with Crippen LogP contribution in [0.25, 0.3) is 11.4 Å². The van der Waals surface area contributed by atoms with Crippen LogP contribution >= 0.6 is 11.8 Å². The van der Waals surface area contributed by atoms with E-state index in [1.165, 1.54) is 11.8 Å². The van der Waals surface area contributed by atoms with Crippen LogP contribution in [0, 0.1) is 6.92 Å². The van der Waals surface area contributed by atoms with E-state index in [0.717, 1.165) is 22.6 Å². The first-order valence-electron chi connectivity index (χ1n) is 8.10. The Kier molecular flexibility index (Phi) is 5.58. The maximum absolute atomic E-state index is 12.2. The first-order valence-corrected chi connectivity index (χ1v) is 9.09. The standard InChI is InChI=1S/C19H20N4O2S/c1-13-7-6-8-14(11-13)20-17(24)12-26-19-22-21-18(23(19)2)15-9-4-5-10-16(15)25-3/h4-11H,12H2,1-3H3,(H,20,24). The number of nitrogens with one attached hydrogen (secondary N) is 1. The Morgan fingerprint density at radius 3 is 2.77 bits per heavy atom. The molecule has 0 aliphatic carbocycles. The van der Waals surface area contributed by atoms with Crippen LogP contribution in [0.4, 0.5) is 5.69 Å². The third-order valence-electron chi connectivity index (χ3n) is 3.82. The summed E-state index contributed by atoms with van der Waals surface area (Å²) in [6.45, 7) is 1.99. The lowest BCUT2D eigenvalue weighted by molar-refractivity contribution is -0.113. The maximum Gasteiger partial charge on any atom is 0.234 e. The van der Waals surface area contributed by atoms with Crippen molar-refractivity contribution >= 4 is 23.4 Å². The van der Waals surface area contributed by atoms with Crippen molar-refractivity contribution in [2.75, 3.05) is 18.2 Å². The zero-order valence-corrected chi connectivity index (χ0v) is 15.7. The summed E-state index contributed by atoms with van der Waals surface area (Å²) in [4.78, 5) is 12.2. The van der Waals surface area contributed by atoms with Crippen molar-refractivity contribution < 1.29 is 9.53 Å². The highest BCUT2D eigenvalue weighted by Crippen LogP contribution is 2.29. The molecule has 2 aromatic carbocycles. The number of aryl methyl sites for hydroxylation is 1. The Morgan fingerprint density at radius 1 is 1.19 bits per heavy atom. The largest absolute Gasteiger partial charge is 0.496 e. The molecule has 26 heavy (non-hydrogen) atoms. The molecule has 6 nitrogen and oxygen atoms in total. The van der Waals surface area contributed by atoms with E-state index >= 15 is 0 Å². The fourth-order valence-corrected chi connectivity index (χ4v) is 3.27. The number of ether oxygens (including phenoxy) is 1. The number of amides is 1. The Balaban J connectivity index is 1.68. The number of carbonyl (C=O) groups is 1. The van der Waals surface area contributed by atoms with E-state index in [-0.39, 0.29) is 11.7 Å². The number of hydrogen-bond donors (Lipinski definition) is 1. The van der Waals surface area contributed by atoms with Gasteiger partial charge in [0.1, 0.15) is 5.75 Å². The van der Waals surface area contributed by atoms with Crippen LogP contribution in [0.2, 0.25) is 0 Å². The molecule has 0 spiro atoms. The van der Waals surface area contributed by atoms with Gasteiger partial charge in [0.2, 0.25) is 5.91 Å². The topological polar surface area (TPSA) is 69.0 Å². The molecule has 7 heteroatoms. The van der Waals surface area contributed by atoms with Gasteiger partial charge in [0, 0.05) is 12.7 Å². The second kappa shape index (κ2) is 8.05. The van der Waals surface area contributed by atoms with Crippen LogP contribution in [0.3, 0.4) is 0 Å². The van der Waals surface area contributed by atoms with Gasteiger partial charge in [0.15, 0.2) is 11.0 Å². The summed E-state index contributed by atoms with van der Waals surface area (Å²) in [6, 6.07) is 15.4. The molecule has 0 saturated heterocycles. The zero-order chi connectivity index (χ0) is 18.5. The Hall–Kier alpha value is -2.80. The van der Waals surface area contributed by atoms with Gasteiger partial charge in [-0.1, -0.05) is 36.0 Å². The molecule has 3 rings (SSSR count). The van der Waals surface area contributed by atoms with Gasteiger partial charge in [-0.15, -0.1) is 10.2 Å². The molecule has 3 aromatic rings. The number of methoxy groups -OCH3 is 1. The molecule has 0 bridgehead atoms.